The van der Waals surface area contributed by atoms with Gasteiger partial charge < -0.3 is 14.8 Å². The van der Waals surface area contributed by atoms with Crippen molar-refractivity contribution in [3.05, 3.63) is 17.9 Å². The summed E-state index contributed by atoms with van der Waals surface area (Å²) in [5, 5.41) is 11.7. The zero-order chi connectivity index (χ0) is 9.68. The first-order valence-corrected chi connectivity index (χ1v) is 4.30. The fourth-order valence-corrected chi connectivity index (χ4v) is 0.948. The molecule has 1 aromatic heterocycles. The lowest BCUT2D eigenvalue weighted by molar-refractivity contribution is 0.0948. The highest BCUT2D eigenvalue weighted by atomic mass is 16.5. The van der Waals surface area contributed by atoms with Crippen LogP contribution in [0.15, 0.2) is 16.7 Å². The Morgan fingerprint density at radius 1 is 1.69 bits per heavy atom. The molecule has 4 nitrogen and oxygen atoms in total. The van der Waals surface area contributed by atoms with Crippen LogP contribution in [0.25, 0.3) is 0 Å². The first-order valence-electron chi connectivity index (χ1n) is 4.30. The number of hydrogen-bond acceptors (Lipinski definition) is 3. The molecule has 1 aromatic rings. The van der Waals surface area contributed by atoms with Crippen LogP contribution >= 0.6 is 0 Å². The maximum atomic E-state index is 11.3. The number of rotatable bonds is 4. The Kier molecular flexibility index (Phi) is 3.37. The van der Waals surface area contributed by atoms with Gasteiger partial charge in [-0.05, 0) is 12.5 Å². The molecule has 1 heterocycles. The molecule has 1 amide bonds. The highest BCUT2D eigenvalue weighted by molar-refractivity contribution is 5.95. The van der Waals surface area contributed by atoms with Crippen molar-refractivity contribution in [2.24, 2.45) is 0 Å². The molecule has 4 heteroatoms. The summed E-state index contributed by atoms with van der Waals surface area (Å²) in [6.45, 7) is 2.67. The van der Waals surface area contributed by atoms with E-state index in [-0.39, 0.29) is 17.4 Å². The minimum atomic E-state index is -0.325. The van der Waals surface area contributed by atoms with E-state index in [1.54, 1.807) is 0 Å². The van der Waals surface area contributed by atoms with Crippen molar-refractivity contribution < 1.29 is 14.3 Å². The minimum absolute atomic E-state index is 0.191. The lowest BCUT2D eigenvalue weighted by atomic mass is 10.3. The largest absolute Gasteiger partial charge is 0.480 e. The molecular weight excluding hydrogens is 170 g/mol. The second-order valence-electron chi connectivity index (χ2n) is 2.75. The summed E-state index contributed by atoms with van der Waals surface area (Å²) < 4.78 is 4.59. The van der Waals surface area contributed by atoms with E-state index in [9.17, 15) is 4.79 Å². The van der Waals surface area contributed by atoms with E-state index in [4.69, 9.17) is 5.11 Å². The smallest absolute Gasteiger partial charge is 0.295 e. The summed E-state index contributed by atoms with van der Waals surface area (Å²) in [6, 6.07) is 1.44. The van der Waals surface area contributed by atoms with Crippen LogP contribution in [0.2, 0.25) is 0 Å². The Bertz CT molecular complexity index is 280. The van der Waals surface area contributed by atoms with Gasteiger partial charge in [0, 0.05) is 6.54 Å². The van der Waals surface area contributed by atoms with Crippen molar-refractivity contribution in [3.63, 3.8) is 0 Å². The summed E-state index contributed by atoms with van der Waals surface area (Å²) in [6.07, 6.45) is 3.24. The molecule has 0 bridgehead atoms. The molecule has 2 N–H and O–H groups in total. The van der Waals surface area contributed by atoms with Crippen LogP contribution < -0.4 is 5.32 Å². The van der Waals surface area contributed by atoms with Crippen LogP contribution in [0.4, 0.5) is 0 Å². The lowest BCUT2D eigenvalue weighted by Gasteiger charge is -2.01. The van der Waals surface area contributed by atoms with Gasteiger partial charge in [-0.3, -0.25) is 4.79 Å². The van der Waals surface area contributed by atoms with Crippen molar-refractivity contribution in [2.75, 3.05) is 6.54 Å². The summed E-state index contributed by atoms with van der Waals surface area (Å²) in [5.74, 6) is -0.617. The van der Waals surface area contributed by atoms with E-state index >= 15 is 0 Å². The van der Waals surface area contributed by atoms with E-state index in [1.807, 2.05) is 6.92 Å². The molecule has 0 unspecified atom stereocenters. The third kappa shape index (κ3) is 2.50. The molecule has 0 saturated carbocycles. The second kappa shape index (κ2) is 4.54. The third-order valence-electron chi connectivity index (χ3n) is 1.71. The van der Waals surface area contributed by atoms with E-state index in [2.05, 4.69) is 9.73 Å². The number of amides is 1. The standard InChI is InChI=1S/C9H13NO3/c1-2-3-5-10-8(11)7-4-6-13-9(7)12/h4,6,12H,2-3,5H2,1H3,(H,10,11). The number of hydrogen-bond donors (Lipinski definition) is 2. The van der Waals surface area contributed by atoms with Gasteiger partial charge in [0.1, 0.15) is 5.56 Å². The van der Waals surface area contributed by atoms with Crippen molar-refractivity contribution in [1.29, 1.82) is 0 Å². The minimum Gasteiger partial charge on any atom is -0.480 e. The van der Waals surface area contributed by atoms with Crippen LogP contribution in [0, 0.1) is 0 Å². The van der Waals surface area contributed by atoms with E-state index in [1.165, 1.54) is 12.3 Å². The molecule has 0 saturated heterocycles. The predicted octanol–water partition coefficient (Wildman–Crippen LogP) is 1.52. The number of carbonyl (C=O) groups is 1. The maximum absolute atomic E-state index is 11.3. The molecule has 13 heavy (non-hydrogen) atoms. The SMILES string of the molecule is CCCCNC(=O)c1ccoc1O. The molecule has 0 atom stereocenters. The number of nitrogens with one attached hydrogen (secondary N) is 1. The molecule has 0 aromatic carbocycles. The van der Waals surface area contributed by atoms with Crippen LogP contribution in [-0.2, 0) is 0 Å². The normalized spacial score (nSPS) is 9.92. The predicted molar refractivity (Wildman–Crippen MR) is 47.6 cm³/mol. The van der Waals surface area contributed by atoms with Crippen molar-refractivity contribution in [3.8, 4) is 5.95 Å². The Morgan fingerprint density at radius 2 is 2.46 bits per heavy atom. The topological polar surface area (TPSA) is 62.5 Å². The average Bonchev–Trinajstić information content (AvgIpc) is 2.52. The average molecular weight is 183 g/mol. The fourth-order valence-electron chi connectivity index (χ4n) is 0.948. The van der Waals surface area contributed by atoms with Gasteiger partial charge >= 0.3 is 0 Å². The summed E-state index contributed by atoms with van der Waals surface area (Å²) >= 11 is 0. The molecule has 0 aliphatic heterocycles. The molecule has 0 radical (unpaired) electrons. The van der Waals surface area contributed by atoms with Crippen LogP contribution in [0.3, 0.4) is 0 Å². The van der Waals surface area contributed by atoms with Gasteiger partial charge in [0.25, 0.3) is 11.9 Å². The molecule has 0 aliphatic carbocycles. The van der Waals surface area contributed by atoms with Gasteiger partial charge in [-0.25, -0.2) is 0 Å². The van der Waals surface area contributed by atoms with E-state index in [0.717, 1.165) is 12.8 Å². The van der Waals surface area contributed by atoms with Gasteiger partial charge in [-0.2, -0.15) is 0 Å². The van der Waals surface area contributed by atoms with Crippen LogP contribution in [0.1, 0.15) is 30.1 Å². The summed E-state index contributed by atoms with van der Waals surface area (Å²) in [4.78, 5) is 11.3. The summed E-state index contributed by atoms with van der Waals surface area (Å²) in [5.41, 5.74) is 0.191. The van der Waals surface area contributed by atoms with Crippen molar-refractivity contribution in [2.45, 2.75) is 19.8 Å². The Balaban J connectivity index is 2.45. The maximum Gasteiger partial charge on any atom is 0.295 e. The first-order chi connectivity index (χ1) is 6.25. The zero-order valence-electron chi connectivity index (χ0n) is 7.54. The Hall–Kier alpha value is -1.45. The third-order valence-corrected chi connectivity index (χ3v) is 1.71. The van der Waals surface area contributed by atoms with Crippen LogP contribution in [0.5, 0.6) is 5.95 Å². The fraction of sp³-hybridized carbons (Fsp3) is 0.444. The van der Waals surface area contributed by atoms with E-state index < -0.39 is 0 Å². The second-order valence-corrected chi connectivity index (χ2v) is 2.75. The Morgan fingerprint density at radius 3 is 3.00 bits per heavy atom. The van der Waals surface area contributed by atoms with Gasteiger partial charge in [0.2, 0.25) is 0 Å². The summed E-state index contributed by atoms with van der Waals surface area (Å²) in [7, 11) is 0. The monoisotopic (exact) mass is 183 g/mol. The number of furan rings is 1. The highest BCUT2D eigenvalue weighted by Gasteiger charge is 2.12. The van der Waals surface area contributed by atoms with E-state index in [0.29, 0.717) is 6.54 Å². The molecular formula is C9H13NO3. The first kappa shape index (κ1) is 9.64. The van der Waals surface area contributed by atoms with Crippen molar-refractivity contribution >= 4 is 5.91 Å². The number of aromatic hydroxyl groups is 1. The molecule has 0 aliphatic rings. The van der Waals surface area contributed by atoms with Gasteiger partial charge in [0.15, 0.2) is 0 Å². The molecule has 72 valence electrons. The lowest BCUT2D eigenvalue weighted by Crippen LogP contribution is -2.23. The quantitative estimate of drug-likeness (QED) is 0.695. The number of carbonyl (C=O) groups excluding carboxylic acids is 1. The highest BCUT2D eigenvalue weighted by Crippen LogP contribution is 2.16. The molecule has 0 spiro atoms. The number of unbranched alkanes of at least 4 members (excludes halogenated alkanes) is 1. The zero-order valence-corrected chi connectivity index (χ0v) is 7.54. The molecule has 1 rings (SSSR count). The van der Waals surface area contributed by atoms with Gasteiger partial charge in [0.05, 0.1) is 6.26 Å². The van der Waals surface area contributed by atoms with Crippen molar-refractivity contribution in [1.82, 2.24) is 5.32 Å². The Labute approximate surface area is 76.6 Å². The van der Waals surface area contributed by atoms with Crippen LogP contribution in [-0.4, -0.2) is 17.6 Å². The van der Waals surface area contributed by atoms with Gasteiger partial charge in [-0.15, -0.1) is 0 Å². The molecule has 0 fully saturated rings. The van der Waals surface area contributed by atoms with Gasteiger partial charge in [-0.1, -0.05) is 13.3 Å².